The Bertz CT molecular complexity index is 546. The van der Waals surface area contributed by atoms with Gasteiger partial charge in [-0.3, -0.25) is 4.79 Å². The highest BCUT2D eigenvalue weighted by Crippen LogP contribution is 2.13. The van der Waals surface area contributed by atoms with Crippen LogP contribution in [0.1, 0.15) is 16.1 Å². The fourth-order valence-electron chi connectivity index (χ4n) is 1.34. The van der Waals surface area contributed by atoms with Gasteiger partial charge in [0.15, 0.2) is 5.82 Å². The van der Waals surface area contributed by atoms with Crippen molar-refractivity contribution < 1.29 is 4.79 Å². The number of aromatic nitrogens is 3. The first-order valence-corrected chi connectivity index (χ1v) is 4.66. The molecule has 0 atom stereocenters. The van der Waals surface area contributed by atoms with E-state index in [0.29, 0.717) is 5.82 Å². The van der Waals surface area contributed by atoms with Gasteiger partial charge in [-0.1, -0.05) is 0 Å². The molecule has 0 bridgehead atoms. The van der Waals surface area contributed by atoms with E-state index in [9.17, 15) is 4.79 Å². The number of amides is 1. The largest absolute Gasteiger partial charge is 0.397 e. The zero-order chi connectivity index (χ0) is 11.7. The summed E-state index contributed by atoms with van der Waals surface area (Å²) in [4.78, 5) is 15.2. The van der Waals surface area contributed by atoms with Crippen LogP contribution in [0.2, 0.25) is 0 Å². The number of nitrogens with zero attached hydrogens (tertiary/aromatic N) is 3. The Morgan fingerprint density at radius 3 is 2.81 bits per heavy atom. The zero-order valence-electron chi connectivity index (χ0n) is 8.71. The predicted octanol–water partition coefficient (Wildman–Crippen LogP) is 0.257. The average Bonchev–Trinajstić information content (AvgIpc) is 2.65. The molecule has 0 saturated heterocycles. The minimum absolute atomic E-state index is 0.248. The Morgan fingerprint density at radius 2 is 2.25 bits per heavy atom. The van der Waals surface area contributed by atoms with Crippen molar-refractivity contribution in [3.8, 4) is 5.82 Å². The SMILES string of the molecule is Cc1ccn(-c2cc(C(N)=O)c(N)cn2)n1. The maximum Gasteiger partial charge on any atom is 0.250 e. The smallest absolute Gasteiger partial charge is 0.250 e. The van der Waals surface area contributed by atoms with Crippen molar-refractivity contribution in [3.05, 3.63) is 35.8 Å². The number of nitrogens with two attached hydrogens (primary N) is 2. The molecule has 0 radical (unpaired) electrons. The summed E-state index contributed by atoms with van der Waals surface area (Å²) < 4.78 is 1.56. The van der Waals surface area contributed by atoms with Gasteiger partial charge in [0.1, 0.15) is 0 Å². The topological polar surface area (TPSA) is 99.8 Å². The molecule has 4 N–H and O–H groups in total. The number of hydrogen-bond acceptors (Lipinski definition) is 4. The number of rotatable bonds is 2. The molecule has 2 rings (SSSR count). The van der Waals surface area contributed by atoms with Gasteiger partial charge in [-0.15, -0.1) is 0 Å². The molecule has 6 heteroatoms. The first-order chi connectivity index (χ1) is 7.58. The second kappa shape index (κ2) is 3.65. The van der Waals surface area contributed by atoms with Crippen molar-refractivity contribution in [1.82, 2.24) is 14.8 Å². The summed E-state index contributed by atoms with van der Waals surface area (Å²) in [6, 6.07) is 3.35. The Hall–Kier alpha value is -2.37. The van der Waals surface area contributed by atoms with Gasteiger partial charge in [-0.2, -0.15) is 5.10 Å². The number of carbonyl (C=O) groups excluding carboxylic acids is 1. The van der Waals surface area contributed by atoms with Gasteiger partial charge in [0, 0.05) is 6.20 Å². The Kier molecular flexibility index (Phi) is 2.32. The van der Waals surface area contributed by atoms with E-state index in [1.165, 1.54) is 12.3 Å². The summed E-state index contributed by atoms with van der Waals surface area (Å²) in [5.41, 5.74) is 12.1. The summed E-state index contributed by atoms with van der Waals surface area (Å²) in [6.45, 7) is 1.86. The number of anilines is 1. The van der Waals surface area contributed by atoms with Crippen LogP contribution in [0.5, 0.6) is 0 Å². The molecule has 0 unspecified atom stereocenters. The second-order valence-corrected chi connectivity index (χ2v) is 3.40. The van der Waals surface area contributed by atoms with Crippen LogP contribution in [0.25, 0.3) is 5.82 Å². The van der Waals surface area contributed by atoms with Crippen LogP contribution in [-0.2, 0) is 0 Å². The molecule has 82 valence electrons. The van der Waals surface area contributed by atoms with Gasteiger partial charge in [0.05, 0.1) is 23.1 Å². The highest BCUT2D eigenvalue weighted by Gasteiger charge is 2.09. The van der Waals surface area contributed by atoms with Crippen molar-refractivity contribution in [1.29, 1.82) is 0 Å². The zero-order valence-corrected chi connectivity index (χ0v) is 8.71. The van der Waals surface area contributed by atoms with Crippen molar-refractivity contribution >= 4 is 11.6 Å². The van der Waals surface area contributed by atoms with Gasteiger partial charge in [0.25, 0.3) is 5.91 Å². The maximum atomic E-state index is 11.1. The summed E-state index contributed by atoms with van der Waals surface area (Å²) in [6.07, 6.45) is 3.14. The van der Waals surface area contributed by atoms with Crippen LogP contribution in [0.15, 0.2) is 24.5 Å². The van der Waals surface area contributed by atoms with Crippen molar-refractivity contribution in [3.63, 3.8) is 0 Å². The summed E-state index contributed by atoms with van der Waals surface area (Å²) in [5.74, 6) is -0.0684. The molecular weight excluding hydrogens is 206 g/mol. The number of primary amides is 1. The van der Waals surface area contributed by atoms with Crippen LogP contribution in [-0.4, -0.2) is 20.7 Å². The van der Waals surface area contributed by atoms with Crippen molar-refractivity contribution in [2.75, 3.05) is 5.73 Å². The highest BCUT2D eigenvalue weighted by atomic mass is 16.1. The van der Waals surface area contributed by atoms with Crippen LogP contribution in [0, 0.1) is 6.92 Å². The molecular formula is C10H11N5O. The third-order valence-electron chi connectivity index (χ3n) is 2.14. The van der Waals surface area contributed by atoms with Gasteiger partial charge in [0.2, 0.25) is 0 Å². The van der Waals surface area contributed by atoms with Gasteiger partial charge in [-0.05, 0) is 19.1 Å². The van der Waals surface area contributed by atoms with E-state index >= 15 is 0 Å². The normalized spacial score (nSPS) is 10.3. The third kappa shape index (κ3) is 1.72. The van der Waals surface area contributed by atoms with E-state index in [0.717, 1.165) is 5.69 Å². The quantitative estimate of drug-likeness (QED) is 0.753. The molecule has 6 nitrogen and oxygen atoms in total. The summed E-state index contributed by atoms with van der Waals surface area (Å²) >= 11 is 0. The van der Waals surface area contributed by atoms with E-state index < -0.39 is 5.91 Å². The summed E-state index contributed by atoms with van der Waals surface area (Å²) in [7, 11) is 0. The molecule has 0 spiro atoms. The van der Waals surface area contributed by atoms with Crippen LogP contribution >= 0.6 is 0 Å². The van der Waals surface area contributed by atoms with Crippen molar-refractivity contribution in [2.45, 2.75) is 6.92 Å². The van der Waals surface area contributed by atoms with Crippen molar-refractivity contribution in [2.24, 2.45) is 5.73 Å². The van der Waals surface area contributed by atoms with E-state index in [2.05, 4.69) is 10.1 Å². The van der Waals surface area contributed by atoms with Gasteiger partial charge in [-0.25, -0.2) is 9.67 Å². The van der Waals surface area contributed by atoms with Crippen LogP contribution < -0.4 is 11.5 Å². The first kappa shape index (κ1) is 10.2. The second-order valence-electron chi connectivity index (χ2n) is 3.40. The van der Waals surface area contributed by atoms with E-state index in [1.807, 2.05) is 13.0 Å². The predicted molar refractivity (Wildman–Crippen MR) is 59.0 cm³/mol. The van der Waals surface area contributed by atoms with Gasteiger partial charge >= 0.3 is 0 Å². The molecule has 2 aromatic rings. The number of aryl methyl sites for hydroxylation is 1. The maximum absolute atomic E-state index is 11.1. The van der Waals surface area contributed by atoms with Gasteiger partial charge < -0.3 is 11.5 Å². The molecule has 0 aliphatic heterocycles. The molecule has 2 heterocycles. The highest BCUT2D eigenvalue weighted by molar-refractivity contribution is 5.98. The minimum atomic E-state index is -0.579. The average molecular weight is 217 g/mol. The van der Waals surface area contributed by atoms with E-state index in [4.69, 9.17) is 11.5 Å². The lowest BCUT2D eigenvalue weighted by Gasteiger charge is -2.04. The lowest BCUT2D eigenvalue weighted by Crippen LogP contribution is -2.15. The van der Waals surface area contributed by atoms with E-state index in [-0.39, 0.29) is 11.3 Å². The lowest BCUT2D eigenvalue weighted by atomic mass is 10.2. The Labute approximate surface area is 91.9 Å². The van der Waals surface area contributed by atoms with Crippen LogP contribution in [0.4, 0.5) is 5.69 Å². The lowest BCUT2D eigenvalue weighted by molar-refractivity contribution is 0.100. The number of carbonyl (C=O) groups is 1. The Morgan fingerprint density at radius 1 is 1.50 bits per heavy atom. The Balaban J connectivity index is 2.51. The number of hydrogen-bond donors (Lipinski definition) is 2. The standard InChI is InChI=1S/C10H11N5O/c1-6-2-3-15(14-6)9-4-7(10(12)16)8(11)5-13-9/h2-5H,11H2,1H3,(H2,12,16). The molecule has 16 heavy (non-hydrogen) atoms. The molecule has 0 aliphatic carbocycles. The summed E-state index contributed by atoms with van der Waals surface area (Å²) in [5, 5.41) is 4.17. The number of pyridine rings is 1. The molecule has 0 fully saturated rings. The fraction of sp³-hybridized carbons (Fsp3) is 0.100. The monoisotopic (exact) mass is 217 g/mol. The number of nitrogen functional groups attached to an aromatic ring is 1. The molecule has 2 aromatic heterocycles. The molecule has 0 aromatic carbocycles. The molecule has 1 amide bonds. The minimum Gasteiger partial charge on any atom is -0.397 e. The first-order valence-electron chi connectivity index (χ1n) is 4.66. The van der Waals surface area contributed by atoms with Crippen LogP contribution in [0.3, 0.4) is 0 Å². The molecule has 0 aliphatic rings. The third-order valence-corrected chi connectivity index (χ3v) is 2.14. The molecule has 0 saturated carbocycles. The van der Waals surface area contributed by atoms with E-state index in [1.54, 1.807) is 10.9 Å². The fourth-order valence-corrected chi connectivity index (χ4v) is 1.34.